The molecule has 1 aromatic rings. The van der Waals surface area contributed by atoms with Crippen LogP contribution in [0.5, 0.6) is 0 Å². The fourth-order valence-corrected chi connectivity index (χ4v) is 2.00. The lowest BCUT2D eigenvalue weighted by atomic mass is 9.96. The summed E-state index contributed by atoms with van der Waals surface area (Å²) in [6.45, 7) is 5.90. The van der Waals surface area contributed by atoms with Gasteiger partial charge < -0.3 is 16.4 Å². The Morgan fingerprint density at radius 2 is 1.80 bits per heavy atom. The Morgan fingerprint density at radius 3 is 2.30 bits per heavy atom. The van der Waals surface area contributed by atoms with E-state index in [2.05, 4.69) is 24.5 Å². The second kappa shape index (κ2) is 7.65. The maximum Gasteiger partial charge on any atom is 0.228 e. The molecule has 1 aromatic carbocycles. The Hall–Kier alpha value is -1.88. The number of benzene rings is 1. The van der Waals surface area contributed by atoms with Gasteiger partial charge in [-0.25, -0.2) is 0 Å². The maximum absolute atomic E-state index is 12.1. The molecule has 1 rings (SSSR count). The lowest BCUT2D eigenvalue weighted by Gasteiger charge is -2.17. The van der Waals surface area contributed by atoms with Crippen LogP contribution < -0.4 is 16.4 Å². The first-order valence-electron chi connectivity index (χ1n) is 6.81. The van der Waals surface area contributed by atoms with E-state index in [1.807, 2.05) is 0 Å². The molecule has 0 aliphatic rings. The highest BCUT2D eigenvalue weighted by atomic mass is 16.2. The highest BCUT2D eigenvalue weighted by Gasteiger charge is 2.18. The summed E-state index contributed by atoms with van der Waals surface area (Å²) in [6, 6.07) is 7.06. The molecule has 0 fully saturated rings. The Bertz CT molecular complexity index is 472. The van der Waals surface area contributed by atoms with Gasteiger partial charge in [-0.2, -0.15) is 0 Å². The molecule has 0 aliphatic heterocycles. The van der Waals surface area contributed by atoms with E-state index in [-0.39, 0.29) is 17.7 Å². The van der Waals surface area contributed by atoms with Crippen molar-refractivity contribution in [2.75, 3.05) is 17.2 Å². The van der Waals surface area contributed by atoms with Crippen LogP contribution in [0, 0.1) is 11.8 Å². The molecule has 1 atom stereocenters. The second-order valence-electron chi connectivity index (χ2n) is 5.31. The monoisotopic (exact) mass is 277 g/mol. The molecular formula is C15H23N3O2. The highest BCUT2D eigenvalue weighted by molar-refractivity contribution is 5.94. The molecule has 0 spiro atoms. The van der Waals surface area contributed by atoms with E-state index in [4.69, 9.17) is 5.73 Å². The molecular weight excluding hydrogens is 254 g/mol. The topological polar surface area (TPSA) is 84.2 Å². The second-order valence-corrected chi connectivity index (χ2v) is 5.31. The van der Waals surface area contributed by atoms with Gasteiger partial charge in [0.1, 0.15) is 0 Å². The van der Waals surface area contributed by atoms with Gasteiger partial charge >= 0.3 is 0 Å². The summed E-state index contributed by atoms with van der Waals surface area (Å²) in [5, 5.41) is 5.52. The number of anilines is 2. The van der Waals surface area contributed by atoms with Gasteiger partial charge in [-0.3, -0.25) is 9.59 Å². The third-order valence-corrected chi connectivity index (χ3v) is 2.86. The molecule has 110 valence electrons. The fourth-order valence-electron chi connectivity index (χ4n) is 2.00. The van der Waals surface area contributed by atoms with Crippen LogP contribution in [0.2, 0.25) is 0 Å². The molecule has 0 aliphatic carbocycles. The first-order valence-corrected chi connectivity index (χ1v) is 6.81. The summed E-state index contributed by atoms with van der Waals surface area (Å²) in [7, 11) is 0. The van der Waals surface area contributed by atoms with E-state index in [9.17, 15) is 9.59 Å². The highest BCUT2D eigenvalue weighted by Crippen LogP contribution is 2.18. The van der Waals surface area contributed by atoms with Crippen molar-refractivity contribution >= 4 is 23.2 Å². The Labute approximate surface area is 119 Å². The zero-order valence-electron chi connectivity index (χ0n) is 12.3. The van der Waals surface area contributed by atoms with Crippen LogP contribution in [-0.2, 0) is 9.59 Å². The normalized spacial score (nSPS) is 12.1. The molecule has 0 saturated carbocycles. The van der Waals surface area contributed by atoms with E-state index in [1.54, 1.807) is 24.3 Å². The van der Waals surface area contributed by atoms with Crippen molar-refractivity contribution in [3.8, 4) is 0 Å². The molecule has 5 heteroatoms. The molecule has 0 aromatic heterocycles. The van der Waals surface area contributed by atoms with Crippen molar-refractivity contribution in [1.29, 1.82) is 0 Å². The molecule has 20 heavy (non-hydrogen) atoms. The maximum atomic E-state index is 12.1. The van der Waals surface area contributed by atoms with Crippen molar-refractivity contribution in [3.05, 3.63) is 24.3 Å². The van der Waals surface area contributed by atoms with E-state index < -0.39 is 0 Å². The first-order chi connectivity index (χ1) is 9.42. The summed E-state index contributed by atoms with van der Waals surface area (Å²) in [6.07, 6.45) is 0.758. The number of nitrogens with two attached hydrogens (primary N) is 1. The molecule has 0 radical (unpaired) electrons. The van der Waals surface area contributed by atoms with Crippen LogP contribution in [0.4, 0.5) is 11.4 Å². The van der Waals surface area contributed by atoms with Gasteiger partial charge in [-0.05, 0) is 30.5 Å². The van der Waals surface area contributed by atoms with Gasteiger partial charge in [0, 0.05) is 24.8 Å². The van der Waals surface area contributed by atoms with Crippen LogP contribution in [-0.4, -0.2) is 18.4 Å². The molecule has 5 nitrogen and oxygen atoms in total. The van der Waals surface area contributed by atoms with E-state index in [1.165, 1.54) is 6.92 Å². The Kier molecular flexibility index (Phi) is 6.18. The summed E-state index contributed by atoms with van der Waals surface area (Å²) < 4.78 is 0. The summed E-state index contributed by atoms with van der Waals surface area (Å²) in [5.41, 5.74) is 6.97. The van der Waals surface area contributed by atoms with Gasteiger partial charge in [-0.15, -0.1) is 0 Å². The summed E-state index contributed by atoms with van der Waals surface area (Å²) >= 11 is 0. The lowest BCUT2D eigenvalue weighted by molar-refractivity contribution is -0.120. The Morgan fingerprint density at radius 1 is 1.20 bits per heavy atom. The smallest absolute Gasteiger partial charge is 0.228 e. The van der Waals surface area contributed by atoms with Crippen molar-refractivity contribution in [2.24, 2.45) is 17.6 Å². The van der Waals surface area contributed by atoms with Crippen molar-refractivity contribution in [1.82, 2.24) is 0 Å². The average molecular weight is 277 g/mol. The minimum absolute atomic E-state index is 0.0822. The molecule has 4 N–H and O–H groups in total. The summed E-state index contributed by atoms with van der Waals surface area (Å²) in [5.74, 6) is -0.00581. The van der Waals surface area contributed by atoms with Crippen LogP contribution in [0.3, 0.4) is 0 Å². The number of amides is 2. The number of rotatable bonds is 6. The largest absolute Gasteiger partial charge is 0.330 e. The minimum Gasteiger partial charge on any atom is -0.330 e. The minimum atomic E-state index is -0.195. The first kappa shape index (κ1) is 16.2. The Balaban J connectivity index is 2.71. The molecule has 0 heterocycles. The molecule has 0 saturated heterocycles. The van der Waals surface area contributed by atoms with Crippen molar-refractivity contribution < 1.29 is 9.59 Å². The predicted octanol–water partition coefficient (Wildman–Crippen LogP) is 2.20. The van der Waals surface area contributed by atoms with Crippen molar-refractivity contribution in [3.63, 3.8) is 0 Å². The van der Waals surface area contributed by atoms with E-state index >= 15 is 0 Å². The number of nitrogens with one attached hydrogen (secondary N) is 2. The van der Waals surface area contributed by atoms with Gasteiger partial charge in [-0.1, -0.05) is 19.9 Å². The van der Waals surface area contributed by atoms with Gasteiger partial charge in [0.05, 0.1) is 5.92 Å². The fraction of sp³-hybridized carbons (Fsp3) is 0.467. The lowest BCUT2D eigenvalue weighted by Crippen LogP contribution is -2.30. The van der Waals surface area contributed by atoms with Crippen molar-refractivity contribution in [2.45, 2.75) is 27.2 Å². The zero-order chi connectivity index (χ0) is 15.1. The molecule has 2 amide bonds. The van der Waals surface area contributed by atoms with E-state index in [0.29, 0.717) is 23.8 Å². The molecule has 1 unspecified atom stereocenters. The third kappa shape index (κ3) is 5.40. The average Bonchev–Trinajstić information content (AvgIpc) is 2.35. The number of hydrogen-bond donors (Lipinski definition) is 3. The third-order valence-electron chi connectivity index (χ3n) is 2.86. The number of carbonyl (C=O) groups excluding carboxylic acids is 2. The molecule has 0 bridgehead atoms. The standard InChI is InChI=1S/C15H23N3O2/c1-10(2)7-12(9-16)15(20)18-14-6-4-5-13(8-14)17-11(3)19/h4-6,8,10,12H,7,9,16H2,1-3H3,(H,17,19)(H,18,20). The van der Waals surface area contributed by atoms with E-state index in [0.717, 1.165) is 6.42 Å². The van der Waals surface area contributed by atoms with Gasteiger partial charge in [0.25, 0.3) is 0 Å². The number of carbonyl (C=O) groups is 2. The van der Waals surface area contributed by atoms with Crippen LogP contribution in [0.15, 0.2) is 24.3 Å². The zero-order valence-corrected chi connectivity index (χ0v) is 12.3. The quantitative estimate of drug-likeness (QED) is 0.745. The number of hydrogen-bond acceptors (Lipinski definition) is 3. The van der Waals surface area contributed by atoms with Crippen LogP contribution in [0.1, 0.15) is 27.2 Å². The summed E-state index contributed by atoms with van der Waals surface area (Å²) in [4.78, 5) is 23.1. The van der Waals surface area contributed by atoms with Crippen LogP contribution >= 0.6 is 0 Å². The van der Waals surface area contributed by atoms with Gasteiger partial charge in [0.15, 0.2) is 0 Å². The van der Waals surface area contributed by atoms with Crippen LogP contribution in [0.25, 0.3) is 0 Å². The SMILES string of the molecule is CC(=O)Nc1cccc(NC(=O)C(CN)CC(C)C)c1. The predicted molar refractivity (Wildman–Crippen MR) is 81.4 cm³/mol. The van der Waals surface area contributed by atoms with Gasteiger partial charge in [0.2, 0.25) is 11.8 Å².